The third-order valence-corrected chi connectivity index (χ3v) is 2.72. The van der Waals surface area contributed by atoms with Gasteiger partial charge in [0, 0.05) is 11.2 Å². The van der Waals surface area contributed by atoms with Crippen molar-refractivity contribution in [2.24, 2.45) is 5.92 Å². The number of ether oxygens (including phenoxy) is 2. The van der Waals surface area contributed by atoms with Crippen molar-refractivity contribution >= 4 is 15.9 Å². The lowest BCUT2D eigenvalue weighted by molar-refractivity contribution is -0.288. The predicted octanol–water partition coefficient (Wildman–Crippen LogP) is 2.56. The van der Waals surface area contributed by atoms with Crippen LogP contribution in [0, 0.1) is 5.92 Å². The monoisotopic (exact) mass is 236 g/mol. The summed E-state index contributed by atoms with van der Waals surface area (Å²) in [5.41, 5.74) is 0. The molecular formula is C9H17BrO2. The molecule has 2 atom stereocenters. The maximum Gasteiger partial charge on any atom is 0.163 e. The molecule has 3 heteroatoms. The molecule has 12 heavy (non-hydrogen) atoms. The summed E-state index contributed by atoms with van der Waals surface area (Å²) in [6, 6.07) is 0. The van der Waals surface area contributed by atoms with Crippen LogP contribution in [0.3, 0.4) is 0 Å². The molecular weight excluding hydrogens is 220 g/mol. The average molecular weight is 237 g/mol. The zero-order chi connectivity index (χ0) is 9.19. The van der Waals surface area contributed by atoms with Gasteiger partial charge < -0.3 is 9.47 Å². The molecule has 0 radical (unpaired) electrons. The maximum absolute atomic E-state index is 5.70. The molecule has 0 aromatic carbocycles. The zero-order valence-corrected chi connectivity index (χ0v) is 9.56. The van der Waals surface area contributed by atoms with Crippen LogP contribution < -0.4 is 0 Å². The number of alkyl halides is 1. The Morgan fingerprint density at radius 2 is 2.17 bits per heavy atom. The molecule has 0 aromatic rings. The minimum absolute atomic E-state index is 0.311. The summed E-state index contributed by atoms with van der Waals surface area (Å²) in [5.74, 6) is 0.153. The molecule has 2 nitrogen and oxygen atoms in total. The minimum Gasteiger partial charge on any atom is -0.350 e. The van der Waals surface area contributed by atoms with E-state index in [-0.39, 0.29) is 5.79 Å². The summed E-state index contributed by atoms with van der Waals surface area (Å²) in [6.07, 6.45) is 1.43. The number of hydrogen-bond acceptors (Lipinski definition) is 2. The largest absolute Gasteiger partial charge is 0.350 e. The van der Waals surface area contributed by atoms with Crippen molar-refractivity contribution in [2.45, 2.75) is 39.1 Å². The van der Waals surface area contributed by atoms with Gasteiger partial charge in [-0.15, -0.1) is 0 Å². The van der Waals surface area contributed by atoms with E-state index in [2.05, 4.69) is 22.9 Å². The average Bonchev–Trinajstić information content (AvgIpc) is 1.94. The third kappa shape index (κ3) is 2.71. The van der Waals surface area contributed by atoms with Crippen LogP contribution in [-0.2, 0) is 9.47 Å². The second-order valence-corrected chi connectivity index (χ2v) is 4.56. The summed E-state index contributed by atoms with van der Waals surface area (Å²) < 4.78 is 11.3. The van der Waals surface area contributed by atoms with Crippen LogP contribution in [0.2, 0.25) is 0 Å². The first-order valence-corrected chi connectivity index (χ1v) is 5.55. The van der Waals surface area contributed by atoms with Gasteiger partial charge in [-0.2, -0.15) is 0 Å². The second-order valence-electron chi connectivity index (χ2n) is 3.77. The number of hydrogen-bond donors (Lipinski definition) is 0. The molecule has 0 unspecified atom stereocenters. The first-order valence-electron chi connectivity index (χ1n) is 4.43. The molecule has 1 heterocycles. The molecule has 1 fully saturated rings. The van der Waals surface area contributed by atoms with Crippen LogP contribution in [-0.4, -0.2) is 23.8 Å². The highest BCUT2D eigenvalue weighted by molar-refractivity contribution is 9.09. The van der Waals surface area contributed by atoms with Crippen LogP contribution in [0.25, 0.3) is 0 Å². The van der Waals surface area contributed by atoms with E-state index in [1.165, 1.54) is 0 Å². The van der Waals surface area contributed by atoms with E-state index < -0.39 is 0 Å². The summed E-state index contributed by atoms with van der Waals surface area (Å²) in [7, 11) is 0. The van der Waals surface area contributed by atoms with Crippen LogP contribution in [0.5, 0.6) is 0 Å². The molecule has 0 saturated carbocycles. The molecule has 0 spiro atoms. The van der Waals surface area contributed by atoms with Crippen molar-refractivity contribution in [1.82, 2.24) is 0 Å². The van der Waals surface area contributed by atoms with Gasteiger partial charge >= 0.3 is 0 Å². The van der Waals surface area contributed by atoms with Gasteiger partial charge in [-0.25, -0.2) is 0 Å². The predicted molar refractivity (Wildman–Crippen MR) is 52.5 cm³/mol. The van der Waals surface area contributed by atoms with Crippen molar-refractivity contribution in [2.75, 3.05) is 11.9 Å². The van der Waals surface area contributed by atoms with E-state index in [0.29, 0.717) is 12.0 Å². The normalized spacial score (nSPS) is 35.0. The van der Waals surface area contributed by atoms with E-state index in [9.17, 15) is 0 Å². The third-order valence-electron chi connectivity index (χ3n) is 2.26. The van der Waals surface area contributed by atoms with Gasteiger partial charge in [-0.3, -0.25) is 0 Å². The van der Waals surface area contributed by atoms with E-state index in [1.54, 1.807) is 0 Å². The summed E-state index contributed by atoms with van der Waals surface area (Å²) in [6.45, 7) is 6.87. The lowest BCUT2D eigenvalue weighted by Crippen LogP contribution is -2.44. The Bertz CT molecular complexity index is 147. The Morgan fingerprint density at radius 1 is 1.50 bits per heavy atom. The van der Waals surface area contributed by atoms with Crippen LogP contribution in [0.4, 0.5) is 0 Å². The molecule has 0 aromatic heterocycles. The van der Waals surface area contributed by atoms with Gasteiger partial charge in [0.05, 0.1) is 12.7 Å². The first-order chi connectivity index (χ1) is 5.55. The minimum atomic E-state index is -0.387. The SMILES string of the molecule is C[C@H]1OC(C)(C)OC[C@H]1CCBr. The topological polar surface area (TPSA) is 18.5 Å². The molecule has 1 saturated heterocycles. The van der Waals surface area contributed by atoms with E-state index in [0.717, 1.165) is 18.4 Å². The van der Waals surface area contributed by atoms with E-state index in [4.69, 9.17) is 9.47 Å². The Kier molecular flexibility index (Phi) is 3.56. The molecule has 1 aliphatic heterocycles. The highest BCUT2D eigenvalue weighted by Gasteiger charge is 2.33. The molecule has 0 amide bonds. The van der Waals surface area contributed by atoms with Gasteiger partial charge in [0.2, 0.25) is 0 Å². The Morgan fingerprint density at radius 3 is 2.67 bits per heavy atom. The van der Waals surface area contributed by atoms with Gasteiger partial charge in [0.25, 0.3) is 0 Å². The Hall–Kier alpha value is 0.400. The number of halogens is 1. The van der Waals surface area contributed by atoms with Crippen molar-refractivity contribution in [3.8, 4) is 0 Å². The van der Waals surface area contributed by atoms with Crippen molar-refractivity contribution in [1.29, 1.82) is 0 Å². The van der Waals surface area contributed by atoms with E-state index in [1.807, 2.05) is 13.8 Å². The molecule has 0 N–H and O–H groups in total. The van der Waals surface area contributed by atoms with Crippen molar-refractivity contribution in [3.63, 3.8) is 0 Å². The molecule has 1 aliphatic rings. The summed E-state index contributed by atoms with van der Waals surface area (Å²) in [4.78, 5) is 0. The second kappa shape index (κ2) is 4.07. The zero-order valence-electron chi connectivity index (χ0n) is 7.97. The van der Waals surface area contributed by atoms with Crippen LogP contribution in [0.1, 0.15) is 27.2 Å². The fourth-order valence-corrected chi connectivity index (χ4v) is 2.07. The van der Waals surface area contributed by atoms with Gasteiger partial charge in [-0.05, 0) is 27.2 Å². The molecule has 1 rings (SSSR count). The summed E-state index contributed by atoms with van der Waals surface area (Å²) in [5, 5.41) is 1.02. The van der Waals surface area contributed by atoms with Gasteiger partial charge in [0.15, 0.2) is 5.79 Å². The van der Waals surface area contributed by atoms with Crippen molar-refractivity contribution in [3.05, 3.63) is 0 Å². The highest BCUT2D eigenvalue weighted by atomic mass is 79.9. The van der Waals surface area contributed by atoms with E-state index >= 15 is 0 Å². The Balaban J connectivity index is 2.42. The van der Waals surface area contributed by atoms with Gasteiger partial charge in [-0.1, -0.05) is 15.9 Å². The fraction of sp³-hybridized carbons (Fsp3) is 1.00. The quantitative estimate of drug-likeness (QED) is 0.687. The lowest BCUT2D eigenvalue weighted by Gasteiger charge is -2.39. The standard InChI is InChI=1S/C9H17BrO2/c1-7-8(4-5-10)6-11-9(2,3)12-7/h7-8H,4-6H2,1-3H3/t7-,8-/m1/s1. The van der Waals surface area contributed by atoms with Crippen LogP contribution in [0.15, 0.2) is 0 Å². The highest BCUT2D eigenvalue weighted by Crippen LogP contribution is 2.27. The van der Waals surface area contributed by atoms with Gasteiger partial charge in [0.1, 0.15) is 0 Å². The fourth-order valence-electron chi connectivity index (χ4n) is 1.48. The first kappa shape index (κ1) is 10.5. The molecule has 0 bridgehead atoms. The molecule has 72 valence electrons. The van der Waals surface area contributed by atoms with Crippen molar-refractivity contribution < 1.29 is 9.47 Å². The Labute approximate surface area is 82.7 Å². The number of rotatable bonds is 2. The smallest absolute Gasteiger partial charge is 0.163 e. The maximum atomic E-state index is 5.70. The molecule has 0 aliphatic carbocycles. The summed E-state index contributed by atoms with van der Waals surface area (Å²) >= 11 is 3.43. The van der Waals surface area contributed by atoms with Crippen LogP contribution >= 0.6 is 15.9 Å². The lowest BCUT2D eigenvalue weighted by atomic mass is 10.00.